The minimum Gasteiger partial charge on any atom is -0.450 e. The molecule has 4 aromatic carbocycles. The number of alkyl carbamates (subject to hydrolysis) is 1. The molecule has 0 aliphatic carbocycles. The molecule has 0 radical (unpaired) electrons. The first kappa shape index (κ1) is 27.3. The molecular formula is C29H28N4O2S2. The number of ether oxygens (including phenoxy) is 1. The van der Waals surface area contributed by atoms with E-state index < -0.39 is 6.09 Å². The van der Waals surface area contributed by atoms with E-state index in [1.165, 1.54) is 11.1 Å². The number of nitrogens with two attached hydrogens (primary N) is 1. The number of hydrogen-bond acceptors (Lipinski definition) is 4. The lowest BCUT2D eigenvalue weighted by Gasteiger charge is -2.10. The van der Waals surface area contributed by atoms with Crippen LogP contribution in [0.2, 0.25) is 0 Å². The molecule has 8 heteroatoms. The summed E-state index contributed by atoms with van der Waals surface area (Å²) in [7, 11) is 0. The zero-order chi connectivity index (χ0) is 26.5. The summed E-state index contributed by atoms with van der Waals surface area (Å²) in [5.74, 6) is 0. The topological polar surface area (TPSA) is 88.4 Å². The number of rotatable bonds is 5. The molecule has 0 atom stereocenters. The van der Waals surface area contributed by atoms with E-state index in [0.29, 0.717) is 6.61 Å². The van der Waals surface area contributed by atoms with Gasteiger partial charge in [-0.05, 0) is 77.9 Å². The minimum atomic E-state index is -0.559. The Bertz CT molecular complexity index is 1300. The lowest BCUT2D eigenvalue weighted by atomic mass is 10.1. The van der Waals surface area contributed by atoms with Gasteiger partial charge in [-0.25, -0.2) is 4.79 Å². The maximum Gasteiger partial charge on any atom is 0.413 e. The summed E-state index contributed by atoms with van der Waals surface area (Å²) in [5.41, 5.74) is 11.7. The predicted molar refractivity (Wildman–Crippen MR) is 161 cm³/mol. The van der Waals surface area contributed by atoms with Gasteiger partial charge in [0, 0.05) is 11.4 Å². The fraction of sp³-hybridized carbons (Fsp3) is 0.0690. The molecule has 0 unspecified atom stereocenters. The lowest BCUT2D eigenvalue weighted by molar-refractivity contribution is 0.158. The fourth-order valence-electron chi connectivity index (χ4n) is 3.32. The zero-order valence-electron chi connectivity index (χ0n) is 20.3. The molecule has 0 fully saturated rings. The molecule has 4 rings (SSSR count). The van der Waals surface area contributed by atoms with Crippen molar-refractivity contribution in [3.8, 4) is 22.3 Å². The van der Waals surface area contributed by atoms with E-state index in [-0.39, 0.29) is 10.2 Å². The Morgan fingerprint density at radius 1 is 0.676 bits per heavy atom. The molecular weight excluding hydrogens is 500 g/mol. The maximum atomic E-state index is 11.2. The Morgan fingerprint density at radius 3 is 1.49 bits per heavy atom. The normalized spacial score (nSPS) is 9.76. The van der Waals surface area contributed by atoms with Crippen LogP contribution in [0.5, 0.6) is 0 Å². The van der Waals surface area contributed by atoms with Crippen LogP contribution in [0.15, 0.2) is 109 Å². The highest BCUT2D eigenvalue weighted by molar-refractivity contribution is 7.80. The molecule has 4 aromatic rings. The number of carbonyl (C=O) groups excluding carboxylic acids is 1. The van der Waals surface area contributed by atoms with Crippen molar-refractivity contribution in [2.45, 2.75) is 6.92 Å². The molecule has 1 amide bonds. The van der Waals surface area contributed by atoms with Gasteiger partial charge in [-0.15, -0.1) is 0 Å². The van der Waals surface area contributed by atoms with Crippen LogP contribution in [-0.2, 0) is 4.74 Å². The third-order valence-electron chi connectivity index (χ3n) is 5.00. The van der Waals surface area contributed by atoms with Crippen molar-refractivity contribution < 1.29 is 9.53 Å². The second-order valence-corrected chi connectivity index (χ2v) is 8.52. The van der Waals surface area contributed by atoms with Gasteiger partial charge in [0.1, 0.15) is 0 Å². The molecule has 188 valence electrons. The van der Waals surface area contributed by atoms with E-state index in [2.05, 4.69) is 40.2 Å². The van der Waals surface area contributed by atoms with Crippen LogP contribution in [-0.4, -0.2) is 22.9 Å². The molecule has 0 aliphatic heterocycles. The van der Waals surface area contributed by atoms with Gasteiger partial charge < -0.3 is 21.1 Å². The van der Waals surface area contributed by atoms with Crippen molar-refractivity contribution in [2.24, 2.45) is 5.73 Å². The van der Waals surface area contributed by atoms with Crippen LogP contribution in [0.1, 0.15) is 6.92 Å². The summed E-state index contributed by atoms with van der Waals surface area (Å²) >= 11 is 9.80. The summed E-state index contributed by atoms with van der Waals surface area (Å²) in [4.78, 5) is 11.2. The van der Waals surface area contributed by atoms with Gasteiger partial charge in [0.25, 0.3) is 0 Å². The molecule has 0 saturated heterocycles. The van der Waals surface area contributed by atoms with Crippen molar-refractivity contribution in [1.29, 1.82) is 0 Å². The van der Waals surface area contributed by atoms with Crippen molar-refractivity contribution >= 4 is 52.1 Å². The van der Waals surface area contributed by atoms with Gasteiger partial charge >= 0.3 is 6.09 Å². The van der Waals surface area contributed by atoms with Gasteiger partial charge in [0.15, 0.2) is 10.2 Å². The average molecular weight is 529 g/mol. The number of nitrogens with one attached hydrogen (secondary N) is 3. The number of thiocarbonyl (C=S) groups is 2. The lowest BCUT2D eigenvalue weighted by Crippen LogP contribution is -2.34. The molecule has 0 spiro atoms. The largest absolute Gasteiger partial charge is 0.450 e. The molecule has 0 aliphatic rings. The van der Waals surface area contributed by atoms with Gasteiger partial charge in [0.05, 0.1) is 6.61 Å². The van der Waals surface area contributed by atoms with Crippen molar-refractivity contribution in [2.75, 3.05) is 17.2 Å². The van der Waals surface area contributed by atoms with E-state index in [0.717, 1.165) is 22.5 Å². The monoisotopic (exact) mass is 528 g/mol. The molecule has 0 bridgehead atoms. The van der Waals surface area contributed by atoms with Gasteiger partial charge in [-0.1, -0.05) is 84.9 Å². The first-order valence-corrected chi connectivity index (χ1v) is 12.4. The first-order chi connectivity index (χ1) is 17.9. The summed E-state index contributed by atoms with van der Waals surface area (Å²) in [6, 6.07) is 36.1. The van der Waals surface area contributed by atoms with Crippen LogP contribution < -0.4 is 21.7 Å². The molecule has 37 heavy (non-hydrogen) atoms. The second-order valence-electron chi connectivity index (χ2n) is 7.68. The highest BCUT2D eigenvalue weighted by atomic mass is 32.1. The average Bonchev–Trinajstić information content (AvgIpc) is 2.91. The fourth-order valence-corrected chi connectivity index (χ4v) is 3.64. The van der Waals surface area contributed by atoms with Crippen molar-refractivity contribution in [1.82, 2.24) is 5.32 Å². The quantitative estimate of drug-likeness (QED) is 0.212. The second kappa shape index (κ2) is 14.3. The first-order valence-electron chi connectivity index (χ1n) is 11.6. The highest BCUT2D eigenvalue weighted by Crippen LogP contribution is 2.22. The van der Waals surface area contributed by atoms with Gasteiger partial charge in [-0.2, -0.15) is 0 Å². The number of hydrogen-bond donors (Lipinski definition) is 4. The zero-order valence-corrected chi connectivity index (χ0v) is 21.9. The predicted octanol–water partition coefficient (Wildman–Crippen LogP) is 6.81. The Kier molecular flexibility index (Phi) is 10.6. The van der Waals surface area contributed by atoms with Crippen molar-refractivity contribution in [3.05, 3.63) is 109 Å². The Morgan fingerprint density at radius 2 is 1.08 bits per heavy atom. The van der Waals surface area contributed by atoms with Crippen LogP contribution in [0.3, 0.4) is 0 Å². The third-order valence-corrected chi connectivity index (χ3v) is 5.31. The van der Waals surface area contributed by atoms with Gasteiger partial charge in [0.2, 0.25) is 0 Å². The van der Waals surface area contributed by atoms with E-state index in [9.17, 15) is 4.79 Å². The summed E-state index contributed by atoms with van der Waals surface area (Å²) in [6.07, 6.45) is -0.559. The molecule has 5 N–H and O–H groups in total. The van der Waals surface area contributed by atoms with Crippen LogP contribution >= 0.6 is 24.4 Å². The molecule has 0 saturated carbocycles. The summed E-state index contributed by atoms with van der Waals surface area (Å²) in [6.45, 7) is 2.04. The van der Waals surface area contributed by atoms with Crippen molar-refractivity contribution in [3.63, 3.8) is 0 Å². The minimum absolute atomic E-state index is 0.209. The van der Waals surface area contributed by atoms with E-state index in [4.69, 9.17) is 34.9 Å². The summed E-state index contributed by atoms with van der Waals surface area (Å²) in [5, 5.41) is 8.75. The standard InChI is InChI=1S/C16H16N2O2S.C13H12N2S/c1-2-20-16(19)18-15(21)17-14-10-8-13(9-11-14)12-6-4-3-5-7-12;14-13(16)15-12-8-6-11(7-9-12)10-4-2-1-3-5-10/h3-11H,2H2,1H3,(H2,17,18,19,21);1-9H,(H3,14,15,16). The number of anilines is 2. The molecule has 0 aromatic heterocycles. The number of carbonyl (C=O) groups is 1. The van der Waals surface area contributed by atoms with Crippen LogP contribution in [0.4, 0.5) is 16.2 Å². The van der Waals surface area contributed by atoms with Gasteiger partial charge in [-0.3, -0.25) is 5.32 Å². The number of benzene rings is 4. The summed E-state index contributed by atoms with van der Waals surface area (Å²) < 4.78 is 4.75. The van der Waals surface area contributed by atoms with Crippen LogP contribution in [0.25, 0.3) is 22.3 Å². The van der Waals surface area contributed by atoms with Crippen LogP contribution in [0, 0.1) is 0 Å². The SMILES string of the molecule is CCOC(=O)NC(=S)Nc1ccc(-c2ccccc2)cc1.NC(=S)Nc1ccc(-c2ccccc2)cc1. The Balaban J connectivity index is 0.000000213. The van der Waals surface area contributed by atoms with E-state index >= 15 is 0 Å². The Hall–Kier alpha value is -4.27. The smallest absolute Gasteiger partial charge is 0.413 e. The van der Waals surface area contributed by atoms with E-state index in [1.54, 1.807) is 6.92 Å². The molecule has 0 heterocycles. The molecule has 6 nitrogen and oxygen atoms in total. The van der Waals surface area contributed by atoms with E-state index in [1.807, 2.05) is 84.9 Å². The number of amides is 1. The third kappa shape index (κ3) is 9.36. The Labute approximate surface area is 227 Å². The maximum absolute atomic E-state index is 11.2. The highest BCUT2D eigenvalue weighted by Gasteiger charge is 2.05.